The molecule has 1 atom stereocenters. The van der Waals surface area contributed by atoms with Gasteiger partial charge in [0.1, 0.15) is 0 Å². The van der Waals surface area contributed by atoms with Gasteiger partial charge in [0.2, 0.25) is 0 Å². The first-order chi connectivity index (χ1) is 9.26. The molecule has 2 N–H and O–H groups in total. The van der Waals surface area contributed by atoms with Gasteiger partial charge >= 0.3 is 0 Å². The van der Waals surface area contributed by atoms with Gasteiger partial charge in [-0.1, -0.05) is 13.8 Å². The quantitative estimate of drug-likeness (QED) is 0.770. The van der Waals surface area contributed by atoms with Crippen molar-refractivity contribution < 1.29 is 5.11 Å². The van der Waals surface area contributed by atoms with Crippen LogP contribution >= 0.6 is 0 Å². The molecule has 0 fully saturated rings. The van der Waals surface area contributed by atoms with Gasteiger partial charge in [-0.2, -0.15) is 5.10 Å². The second kappa shape index (κ2) is 7.23. The van der Waals surface area contributed by atoms with Crippen LogP contribution < -0.4 is 5.32 Å². The normalized spacial score (nSPS) is 14.8. The Kier molecular flexibility index (Phi) is 6.21. The first-order valence-corrected chi connectivity index (χ1v) is 7.72. The number of hydrogen-bond donors (Lipinski definition) is 2. The summed E-state index contributed by atoms with van der Waals surface area (Å²) < 4.78 is 2.03. The van der Waals surface area contributed by atoms with Crippen LogP contribution in [-0.2, 0) is 13.1 Å². The van der Waals surface area contributed by atoms with E-state index in [9.17, 15) is 5.11 Å². The Labute approximate surface area is 123 Å². The lowest BCUT2D eigenvalue weighted by molar-refractivity contribution is 0.0451. The summed E-state index contributed by atoms with van der Waals surface area (Å²) in [7, 11) is 0. The van der Waals surface area contributed by atoms with Crippen LogP contribution in [0.1, 0.15) is 57.5 Å². The highest BCUT2D eigenvalue weighted by Gasteiger charge is 2.20. The van der Waals surface area contributed by atoms with Gasteiger partial charge in [0.15, 0.2) is 0 Å². The number of aromatic nitrogens is 2. The maximum atomic E-state index is 10.3. The Hall–Kier alpha value is -0.870. The van der Waals surface area contributed by atoms with E-state index in [1.54, 1.807) is 0 Å². The van der Waals surface area contributed by atoms with E-state index in [4.69, 9.17) is 0 Å². The Morgan fingerprint density at radius 2 is 2.00 bits per heavy atom. The number of nitrogens with one attached hydrogen (secondary N) is 1. The van der Waals surface area contributed by atoms with Crippen LogP contribution in [0, 0.1) is 19.8 Å². The van der Waals surface area contributed by atoms with Gasteiger partial charge in [0.05, 0.1) is 11.3 Å². The molecule has 0 amide bonds. The number of aliphatic hydroxyl groups is 1. The van der Waals surface area contributed by atoms with Crippen molar-refractivity contribution in [2.75, 3.05) is 6.54 Å². The van der Waals surface area contributed by atoms with Crippen molar-refractivity contribution >= 4 is 0 Å². The van der Waals surface area contributed by atoms with Gasteiger partial charge in [-0.25, -0.2) is 0 Å². The molecule has 4 heteroatoms. The molecular formula is C16H31N3O. The zero-order valence-electron chi connectivity index (χ0n) is 14.0. The van der Waals surface area contributed by atoms with E-state index < -0.39 is 5.60 Å². The highest BCUT2D eigenvalue weighted by atomic mass is 16.3. The molecule has 0 saturated carbocycles. The smallest absolute Gasteiger partial charge is 0.0743 e. The summed E-state index contributed by atoms with van der Waals surface area (Å²) in [6.07, 6.45) is 1.89. The zero-order chi connectivity index (χ0) is 15.3. The summed E-state index contributed by atoms with van der Waals surface area (Å²) in [5.41, 5.74) is 2.93. The SMILES string of the molecule is CCn1nc(C)c(CNCC(C)(O)CCC(C)C)c1C. The molecule has 0 radical (unpaired) electrons. The van der Waals surface area contributed by atoms with Gasteiger partial charge in [0, 0.05) is 30.9 Å². The number of rotatable bonds is 8. The van der Waals surface area contributed by atoms with Crippen molar-refractivity contribution in [2.24, 2.45) is 5.92 Å². The molecule has 0 bridgehead atoms. The minimum Gasteiger partial charge on any atom is -0.389 e. The van der Waals surface area contributed by atoms with Crippen molar-refractivity contribution in [1.29, 1.82) is 0 Å². The fraction of sp³-hybridized carbons (Fsp3) is 0.812. The van der Waals surface area contributed by atoms with Crippen LogP contribution in [0.2, 0.25) is 0 Å². The summed E-state index contributed by atoms with van der Waals surface area (Å²) in [5, 5.41) is 18.2. The minimum atomic E-state index is -0.632. The van der Waals surface area contributed by atoms with E-state index >= 15 is 0 Å². The lowest BCUT2D eigenvalue weighted by Crippen LogP contribution is -2.37. The first kappa shape index (κ1) is 17.2. The third kappa shape index (κ3) is 4.91. The predicted octanol–water partition coefficient (Wildman–Crippen LogP) is 2.80. The molecule has 116 valence electrons. The van der Waals surface area contributed by atoms with Crippen LogP contribution in [0.15, 0.2) is 0 Å². The van der Waals surface area contributed by atoms with Gasteiger partial charge in [-0.15, -0.1) is 0 Å². The standard InChI is InChI=1S/C16H31N3O/c1-7-19-14(5)15(13(4)18-19)10-17-11-16(6,20)9-8-12(2)3/h12,17,20H,7-11H2,1-6H3. The first-order valence-electron chi connectivity index (χ1n) is 7.72. The van der Waals surface area contributed by atoms with Gasteiger partial charge in [0.25, 0.3) is 0 Å². The van der Waals surface area contributed by atoms with E-state index in [-0.39, 0.29) is 0 Å². The van der Waals surface area contributed by atoms with Crippen molar-refractivity contribution in [3.8, 4) is 0 Å². The van der Waals surface area contributed by atoms with E-state index in [1.807, 2.05) is 18.5 Å². The number of aryl methyl sites for hydroxylation is 2. The second-order valence-electron chi connectivity index (χ2n) is 6.50. The third-order valence-corrected chi connectivity index (χ3v) is 3.90. The number of hydrogen-bond acceptors (Lipinski definition) is 3. The van der Waals surface area contributed by atoms with E-state index in [1.165, 1.54) is 11.3 Å². The van der Waals surface area contributed by atoms with Crippen molar-refractivity contribution in [2.45, 2.75) is 73.1 Å². The molecule has 1 aromatic rings. The summed E-state index contributed by atoms with van der Waals surface area (Å²) in [4.78, 5) is 0. The zero-order valence-corrected chi connectivity index (χ0v) is 14.0. The molecule has 0 spiro atoms. The molecule has 0 aliphatic rings. The molecule has 4 nitrogen and oxygen atoms in total. The molecule has 0 aromatic carbocycles. The average Bonchev–Trinajstić information content (AvgIpc) is 2.63. The fourth-order valence-electron chi connectivity index (χ4n) is 2.44. The summed E-state index contributed by atoms with van der Waals surface area (Å²) in [6.45, 7) is 14.9. The van der Waals surface area contributed by atoms with Crippen LogP contribution in [0.3, 0.4) is 0 Å². The molecular weight excluding hydrogens is 250 g/mol. The summed E-state index contributed by atoms with van der Waals surface area (Å²) in [6, 6.07) is 0. The number of nitrogens with zero attached hydrogens (tertiary/aromatic N) is 2. The maximum absolute atomic E-state index is 10.3. The lowest BCUT2D eigenvalue weighted by atomic mass is 9.95. The molecule has 0 aliphatic carbocycles. The van der Waals surface area contributed by atoms with E-state index in [2.05, 4.69) is 38.1 Å². The summed E-state index contributed by atoms with van der Waals surface area (Å²) in [5.74, 6) is 0.633. The third-order valence-electron chi connectivity index (χ3n) is 3.90. The minimum absolute atomic E-state index is 0.621. The highest BCUT2D eigenvalue weighted by molar-refractivity contribution is 5.24. The molecule has 0 saturated heterocycles. The van der Waals surface area contributed by atoms with Gasteiger partial charge in [-0.05, 0) is 46.5 Å². The lowest BCUT2D eigenvalue weighted by Gasteiger charge is -2.24. The Bertz CT molecular complexity index is 422. The van der Waals surface area contributed by atoms with Gasteiger partial charge < -0.3 is 10.4 Å². The van der Waals surface area contributed by atoms with Crippen molar-refractivity contribution in [3.63, 3.8) is 0 Å². The Balaban J connectivity index is 2.50. The van der Waals surface area contributed by atoms with E-state index in [0.29, 0.717) is 12.5 Å². The van der Waals surface area contributed by atoms with Crippen LogP contribution in [0.5, 0.6) is 0 Å². The fourth-order valence-corrected chi connectivity index (χ4v) is 2.44. The molecule has 1 rings (SSSR count). The van der Waals surface area contributed by atoms with E-state index in [0.717, 1.165) is 31.6 Å². The maximum Gasteiger partial charge on any atom is 0.0743 e. The topological polar surface area (TPSA) is 50.1 Å². The monoisotopic (exact) mass is 281 g/mol. The molecule has 1 aromatic heterocycles. The molecule has 20 heavy (non-hydrogen) atoms. The van der Waals surface area contributed by atoms with Crippen LogP contribution in [0.25, 0.3) is 0 Å². The molecule has 1 heterocycles. The second-order valence-corrected chi connectivity index (χ2v) is 6.50. The highest BCUT2D eigenvalue weighted by Crippen LogP contribution is 2.17. The van der Waals surface area contributed by atoms with Crippen LogP contribution in [0.4, 0.5) is 0 Å². The van der Waals surface area contributed by atoms with Crippen molar-refractivity contribution in [1.82, 2.24) is 15.1 Å². The average molecular weight is 281 g/mol. The summed E-state index contributed by atoms with van der Waals surface area (Å²) >= 11 is 0. The van der Waals surface area contributed by atoms with Crippen LogP contribution in [-0.4, -0.2) is 27.0 Å². The van der Waals surface area contributed by atoms with Gasteiger partial charge in [-0.3, -0.25) is 4.68 Å². The largest absolute Gasteiger partial charge is 0.389 e. The Morgan fingerprint density at radius 1 is 1.35 bits per heavy atom. The van der Waals surface area contributed by atoms with Crippen molar-refractivity contribution in [3.05, 3.63) is 17.0 Å². The molecule has 1 unspecified atom stereocenters. The molecule has 0 aliphatic heterocycles. The Morgan fingerprint density at radius 3 is 2.50 bits per heavy atom. The predicted molar refractivity (Wildman–Crippen MR) is 83.8 cm³/mol.